The van der Waals surface area contributed by atoms with E-state index in [1.165, 1.54) is 17.1 Å². The molecule has 1 fully saturated rings. The average molecular weight is 568 g/mol. The van der Waals surface area contributed by atoms with Gasteiger partial charge in [0.05, 0.1) is 17.6 Å². The van der Waals surface area contributed by atoms with Crippen LogP contribution in [-0.2, 0) is 23.5 Å². The fourth-order valence-corrected chi connectivity index (χ4v) is 5.65. The van der Waals surface area contributed by atoms with Crippen LogP contribution in [-0.4, -0.2) is 66.3 Å². The zero-order valence-corrected chi connectivity index (χ0v) is 23.6. The first-order chi connectivity index (χ1) is 18.7. The van der Waals surface area contributed by atoms with E-state index in [1.54, 1.807) is 13.1 Å². The molecule has 0 amide bonds. The summed E-state index contributed by atoms with van der Waals surface area (Å²) in [5.74, 6) is 0.547. The lowest BCUT2D eigenvalue weighted by molar-refractivity contribution is 0.313. The lowest BCUT2D eigenvalue weighted by atomic mass is 10.1. The van der Waals surface area contributed by atoms with Crippen LogP contribution in [0.15, 0.2) is 65.8 Å². The van der Waals surface area contributed by atoms with E-state index in [0.29, 0.717) is 22.9 Å². The zero-order chi connectivity index (χ0) is 27.6. The van der Waals surface area contributed by atoms with Gasteiger partial charge in [0.15, 0.2) is 0 Å². The molecule has 0 atom stereocenters. The van der Waals surface area contributed by atoms with E-state index in [4.69, 9.17) is 16.3 Å². The number of halogens is 1. The van der Waals surface area contributed by atoms with Gasteiger partial charge in [0.1, 0.15) is 15.7 Å². The third-order valence-electron chi connectivity index (χ3n) is 6.58. The van der Waals surface area contributed by atoms with Crippen LogP contribution in [0.1, 0.15) is 12.5 Å². The standard InChI is InChI=1S/C27H30ClN7O3S/c1-4-21-25(19-9-6-5-7-10-19)30-27(32-39(36,37)20-17-29-34(3)18-20)31-26(21)38-23-12-8-11-22(24(23)28)35-15-13-33(2)14-16-35/h5-12,17-18H,4,13-16H2,1-3H3,(H,30,31,32). The average Bonchev–Trinajstić information content (AvgIpc) is 3.38. The van der Waals surface area contributed by atoms with E-state index in [9.17, 15) is 8.42 Å². The summed E-state index contributed by atoms with van der Waals surface area (Å²) in [7, 11) is -0.240. The van der Waals surface area contributed by atoms with Crippen LogP contribution in [0.25, 0.3) is 11.3 Å². The molecule has 39 heavy (non-hydrogen) atoms. The summed E-state index contributed by atoms with van der Waals surface area (Å²) in [4.78, 5) is 13.6. The minimum absolute atomic E-state index is 0.000167. The molecule has 1 saturated heterocycles. The van der Waals surface area contributed by atoms with E-state index < -0.39 is 10.0 Å². The van der Waals surface area contributed by atoms with E-state index in [0.717, 1.165) is 43.0 Å². The number of nitrogens with one attached hydrogen (secondary N) is 1. The molecule has 2 aromatic heterocycles. The van der Waals surface area contributed by atoms with Gasteiger partial charge in [0.2, 0.25) is 11.8 Å². The molecule has 12 heteroatoms. The number of hydrogen-bond acceptors (Lipinski definition) is 8. The molecule has 1 aliphatic heterocycles. The van der Waals surface area contributed by atoms with Gasteiger partial charge in [-0.25, -0.2) is 18.1 Å². The van der Waals surface area contributed by atoms with Crippen molar-refractivity contribution in [2.75, 3.05) is 42.8 Å². The predicted molar refractivity (Wildman–Crippen MR) is 152 cm³/mol. The molecule has 5 rings (SSSR count). The van der Waals surface area contributed by atoms with Crippen molar-refractivity contribution in [1.29, 1.82) is 0 Å². The Bertz CT molecular complexity index is 1570. The van der Waals surface area contributed by atoms with Crippen LogP contribution >= 0.6 is 11.6 Å². The summed E-state index contributed by atoms with van der Waals surface area (Å²) in [5, 5.41) is 4.44. The van der Waals surface area contributed by atoms with E-state index in [-0.39, 0.29) is 16.7 Å². The van der Waals surface area contributed by atoms with Crippen LogP contribution in [0.5, 0.6) is 11.6 Å². The number of nitrogens with zero attached hydrogens (tertiary/aromatic N) is 6. The zero-order valence-electron chi connectivity index (χ0n) is 22.0. The Morgan fingerprint density at radius 3 is 2.41 bits per heavy atom. The number of sulfonamides is 1. The van der Waals surface area contributed by atoms with Crippen molar-refractivity contribution in [3.8, 4) is 22.9 Å². The van der Waals surface area contributed by atoms with Crippen LogP contribution in [0.4, 0.5) is 11.6 Å². The highest BCUT2D eigenvalue weighted by atomic mass is 35.5. The third kappa shape index (κ3) is 5.85. The molecule has 3 heterocycles. The first-order valence-electron chi connectivity index (χ1n) is 12.6. The van der Waals surface area contributed by atoms with Crippen LogP contribution in [0.3, 0.4) is 0 Å². The fourth-order valence-electron chi connectivity index (χ4n) is 4.44. The van der Waals surface area contributed by atoms with Gasteiger partial charge in [-0.1, -0.05) is 54.9 Å². The number of anilines is 2. The Labute approximate surface area is 233 Å². The summed E-state index contributed by atoms with van der Waals surface area (Å²) in [5.41, 5.74) is 2.99. The second kappa shape index (κ2) is 11.2. The topological polar surface area (TPSA) is 105 Å². The third-order valence-corrected chi connectivity index (χ3v) is 8.24. The Kier molecular flexibility index (Phi) is 7.74. The van der Waals surface area contributed by atoms with Crippen molar-refractivity contribution in [3.05, 3.63) is 71.5 Å². The molecule has 0 aliphatic carbocycles. The van der Waals surface area contributed by atoms with Gasteiger partial charge >= 0.3 is 0 Å². The molecule has 0 spiro atoms. The number of benzene rings is 2. The monoisotopic (exact) mass is 567 g/mol. The molecule has 0 saturated carbocycles. The minimum Gasteiger partial charge on any atom is -0.437 e. The van der Waals surface area contributed by atoms with Gasteiger partial charge in [0.25, 0.3) is 10.0 Å². The van der Waals surface area contributed by atoms with Gasteiger partial charge in [-0.15, -0.1) is 0 Å². The van der Waals surface area contributed by atoms with Crippen molar-refractivity contribution in [3.63, 3.8) is 0 Å². The molecule has 1 N–H and O–H groups in total. The molecule has 204 valence electrons. The van der Waals surface area contributed by atoms with Crippen molar-refractivity contribution in [2.24, 2.45) is 7.05 Å². The Hall–Kier alpha value is -3.67. The number of aryl methyl sites for hydroxylation is 1. The number of aromatic nitrogens is 4. The number of likely N-dealkylation sites (N-methyl/N-ethyl adjacent to an activating group) is 1. The molecule has 10 nitrogen and oxygen atoms in total. The summed E-state index contributed by atoms with van der Waals surface area (Å²) in [6.45, 7) is 5.56. The summed E-state index contributed by atoms with van der Waals surface area (Å²) >= 11 is 6.86. The van der Waals surface area contributed by atoms with Crippen LogP contribution < -0.4 is 14.4 Å². The minimum atomic E-state index is -3.99. The Morgan fingerprint density at radius 1 is 1.00 bits per heavy atom. The van der Waals surface area contributed by atoms with Crippen molar-refractivity contribution in [2.45, 2.75) is 18.2 Å². The smallest absolute Gasteiger partial charge is 0.267 e. The van der Waals surface area contributed by atoms with E-state index >= 15 is 0 Å². The number of piperazine rings is 1. The second-order valence-corrected chi connectivity index (χ2v) is 11.4. The summed E-state index contributed by atoms with van der Waals surface area (Å²) in [6.07, 6.45) is 3.22. The molecular formula is C27H30ClN7O3S. The quantitative estimate of drug-likeness (QED) is 0.333. The largest absolute Gasteiger partial charge is 0.437 e. The Balaban J connectivity index is 1.56. The predicted octanol–water partition coefficient (Wildman–Crippen LogP) is 4.44. The van der Waals surface area contributed by atoms with E-state index in [1.807, 2.05) is 49.4 Å². The molecule has 0 radical (unpaired) electrons. The maximum absolute atomic E-state index is 13.1. The molecule has 0 bridgehead atoms. The van der Waals surface area contributed by atoms with Gasteiger partial charge in [0, 0.05) is 50.6 Å². The number of ether oxygens (including phenoxy) is 1. The number of rotatable bonds is 8. The summed E-state index contributed by atoms with van der Waals surface area (Å²) < 4.78 is 36.4. The highest BCUT2D eigenvalue weighted by Crippen LogP contribution is 2.39. The van der Waals surface area contributed by atoms with Crippen molar-refractivity contribution < 1.29 is 13.2 Å². The first kappa shape index (κ1) is 26.9. The molecule has 4 aromatic rings. The maximum atomic E-state index is 13.1. The van der Waals surface area contributed by atoms with Gasteiger partial charge < -0.3 is 14.5 Å². The van der Waals surface area contributed by atoms with Crippen LogP contribution in [0, 0.1) is 0 Å². The molecule has 2 aromatic carbocycles. The highest BCUT2D eigenvalue weighted by Gasteiger charge is 2.24. The fraction of sp³-hybridized carbons (Fsp3) is 0.296. The lowest BCUT2D eigenvalue weighted by Crippen LogP contribution is -2.44. The molecule has 1 aliphatic rings. The SMILES string of the molecule is CCc1c(Oc2cccc(N3CCN(C)CC3)c2Cl)nc(NS(=O)(=O)c2cnn(C)c2)nc1-c1ccccc1. The number of hydrogen-bond donors (Lipinski definition) is 1. The normalized spacial score (nSPS) is 14.4. The first-order valence-corrected chi connectivity index (χ1v) is 14.5. The maximum Gasteiger partial charge on any atom is 0.267 e. The highest BCUT2D eigenvalue weighted by molar-refractivity contribution is 7.92. The van der Waals surface area contributed by atoms with Gasteiger partial charge in [-0.05, 0) is 25.6 Å². The molecule has 0 unspecified atom stereocenters. The van der Waals surface area contributed by atoms with Crippen molar-refractivity contribution >= 4 is 33.3 Å². The van der Waals surface area contributed by atoms with Crippen LogP contribution in [0.2, 0.25) is 5.02 Å². The lowest BCUT2D eigenvalue weighted by Gasteiger charge is -2.34. The molecular weight excluding hydrogens is 538 g/mol. The summed E-state index contributed by atoms with van der Waals surface area (Å²) in [6, 6.07) is 15.2. The second-order valence-electron chi connectivity index (χ2n) is 9.34. The Morgan fingerprint density at radius 2 is 1.74 bits per heavy atom. The van der Waals surface area contributed by atoms with E-state index in [2.05, 4.69) is 36.6 Å². The van der Waals surface area contributed by atoms with Gasteiger partial charge in [-0.2, -0.15) is 10.1 Å². The van der Waals surface area contributed by atoms with Crippen molar-refractivity contribution in [1.82, 2.24) is 24.6 Å². The van der Waals surface area contributed by atoms with Gasteiger partial charge in [-0.3, -0.25) is 4.68 Å².